The van der Waals surface area contributed by atoms with E-state index >= 15 is 0 Å². The summed E-state index contributed by atoms with van der Waals surface area (Å²) in [6.45, 7) is 5.56. The molecule has 3 nitrogen and oxygen atoms in total. The van der Waals surface area contributed by atoms with Gasteiger partial charge >= 0.3 is 0 Å². The van der Waals surface area contributed by atoms with Crippen LogP contribution in [0, 0.1) is 5.92 Å². The Labute approximate surface area is 129 Å². The summed E-state index contributed by atoms with van der Waals surface area (Å²) in [6, 6.07) is 0.580. The molecule has 1 unspecified atom stereocenters. The maximum atomic E-state index is 4.94. The molecule has 21 heavy (non-hydrogen) atoms. The Balaban J connectivity index is 1.64. The Kier molecular flexibility index (Phi) is 4.89. The third-order valence-electron chi connectivity index (χ3n) is 5.06. The van der Waals surface area contributed by atoms with Gasteiger partial charge < -0.3 is 5.32 Å². The molecule has 0 spiro atoms. The van der Waals surface area contributed by atoms with Gasteiger partial charge in [0.2, 0.25) is 0 Å². The largest absolute Gasteiger partial charge is 0.314 e. The molecule has 1 saturated carbocycles. The van der Waals surface area contributed by atoms with Gasteiger partial charge in [-0.15, -0.1) is 0 Å². The Hall–Kier alpha value is -0.960. The average Bonchev–Trinajstić information content (AvgIpc) is 2.53. The lowest BCUT2D eigenvalue weighted by Gasteiger charge is -2.26. The molecule has 0 saturated heterocycles. The fourth-order valence-electron chi connectivity index (χ4n) is 3.73. The molecule has 2 aliphatic rings. The lowest BCUT2D eigenvalue weighted by molar-refractivity contribution is 0.396. The predicted octanol–water partition coefficient (Wildman–Crippen LogP) is 3.63. The average molecular weight is 287 g/mol. The molecule has 1 N–H and O–H groups in total. The van der Waals surface area contributed by atoms with Crippen molar-refractivity contribution in [2.75, 3.05) is 6.54 Å². The topological polar surface area (TPSA) is 37.8 Å². The molecule has 3 rings (SSSR count). The zero-order valence-electron chi connectivity index (χ0n) is 13.6. The molecule has 0 aliphatic heterocycles. The SMILES string of the molecule is CC(C)NCC1CCc2nc(C3CCCCC3)ncc2C1. The maximum absolute atomic E-state index is 4.94. The summed E-state index contributed by atoms with van der Waals surface area (Å²) in [5, 5.41) is 3.57. The molecule has 1 atom stereocenters. The standard InChI is InChI=1S/C18H29N3/c1-13(2)19-11-14-8-9-17-16(10-14)12-20-18(21-17)15-6-4-3-5-7-15/h12-15,19H,3-11H2,1-2H3. The van der Waals surface area contributed by atoms with E-state index in [9.17, 15) is 0 Å². The number of nitrogens with one attached hydrogen (secondary N) is 1. The fourth-order valence-corrected chi connectivity index (χ4v) is 3.73. The van der Waals surface area contributed by atoms with Crippen molar-refractivity contribution in [1.82, 2.24) is 15.3 Å². The third-order valence-corrected chi connectivity index (χ3v) is 5.06. The van der Waals surface area contributed by atoms with Gasteiger partial charge in [0.25, 0.3) is 0 Å². The number of nitrogens with zero attached hydrogens (tertiary/aromatic N) is 2. The number of fused-ring (bicyclic) bond motifs is 1. The second-order valence-electron chi connectivity index (χ2n) is 7.21. The van der Waals surface area contributed by atoms with Crippen LogP contribution in [0.2, 0.25) is 0 Å². The van der Waals surface area contributed by atoms with Crippen LogP contribution in [-0.2, 0) is 12.8 Å². The summed E-state index contributed by atoms with van der Waals surface area (Å²) in [5.74, 6) is 2.51. The number of hydrogen-bond donors (Lipinski definition) is 1. The minimum Gasteiger partial charge on any atom is -0.314 e. The van der Waals surface area contributed by atoms with Gasteiger partial charge in [-0.1, -0.05) is 33.1 Å². The van der Waals surface area contributed by atoms with E-state index in [1.807, 2.05) is 0 Å². The van der Waals surface area contributed by atoms with E-state index in [4.69, 9.17) is 9.97 Å². The van der Waals surface area contributed by atoms with E-state index in [0.717, 1.165) is 31.1 Å². The zero-order chi connectivity index (χ0) is 14.7. The minimum absolute atomic E-state index is 0.580. The van der Waals surface area contributed by atoms with Crippen LogP contribution in [0.15, 0.2) is 6.20 Å². The van der Waals surface area contributed by atoms with Crippen LogP contribution in [0.3, 0.4) is 0 Å². The van der Waals surface area contributed by atoms with Crippen LogP contribution in [0.4, 0.5) is 0 Å². The van der Waals surface area contributed by atoms with Gasteiger partial charge in [-0.3, -0.25) is 0 Å². The molecule has 1 fully saturated rings. The molecule has 0 amide bonds. The molecule has 3 heteroatoms. The molecule has 0 aromatic carbocycles. The van der Waals surface area contributed by atoms with Gasteiger partial charge in [-0.05, 0) is 50.1 Å². The first-order valence-electron chi connectivity index (χ1n) is 8.80. The summed E-state index contributed by atoms with van der Waals surface area (Å²) in [6.07, 6.45) is 12.4. The Morgan fingerprint density at radius 1 is 1.19 bits per heavy atom. The Bertz CT molecular complexity index is 464. The van der Waals surface area contributed by atoms with Crippen molar-refractivity contribution in [3.63, 3.8) is 0 Å². The maximum Gasteiger partial charge on any atom is 0.131 e. The molecular formula is C18H29N3. The van der Waals surface area contributed by atoms with Crippen molar-refractivity contribution in [3.05, 3.63) is 23.3 Å². The normalized spacial score (nSPS) is 23.3. The minimum atomic E-state index is 0.580. The monoisotopic (exact) mass is 287 g/mol. The molecule has 1 aromatic rings. The van der Waals surface area contributed by atoms with Gasteiger partial charge in [0.05, 0.1) is 0 Å². The van der Waals surface area contributed by atoms with Crippen LogP contribution < -0.4 is 5.32 Å². The van der Waals surface area contributed by atoms with Crippen LogP contribution in [0.25, 0.3) is 0 Å². The Morgan fingerprint density at radius 2 is 2.00 bits per heavy atom. The van der Waals surface area contributed by atoms with Crippen molar-refractivity contribution < 1.29 is 0 Å². The van der Waals surface area contributed by atoms with Crippen LogP contribution in [0.5, 0.6) is 0 Å². The van der Waals surface area contributed by atoms with E-state index in [1.54, 1.807) is 0 Å². The van der Waals surface area contributed by atoms with E-state index in [0.29, 0.717) is 12.0 Å². The predicted molar refractivity (Wildman–Crippen MR) is 86.5 cm³/mol. The first-order valence-corrected chi connectivity index (χ1v) is 8.80. The summed E-state index contributed by atoms with van der Waals surface area (Å²) in [5.41, 5.74) is 2.74. The third kappa shape index (κ3) is 3.82. The van der Waals surface area contributed by atoms with Gasteiger partial charge in [0.15, 0.2) is 0 Å². The summed E-state index contributed by atoms with van der Waals surface area (Å²) in [7, 11) is 0. The highest BCUT2D eigenvalue weighted by molar-refractivity contribution is 5.22. The van der Waals surface area contributed by atoms with Gasteiger partial charge in [-0.2, -0.15) is 0 Å². The number of aromatic nitrogens is 2. The lowest BCUT2D eigenvalue weighted by atomic mass is 9.86. The smallest absolute Gasteiger partial charge is 0.131 e. The van der Waals surface area contributed by atoms with Crippen molar-refractivity contribution in [2.45, 2.75) is 77.2 Å². The molecule has 116 valence electrons. The van der Waals surface area contributed by atoms with Crippen molar-refractivity contribution in [3.8, 4) is 0 Å². The van der Waals surface area contributed by atoms with Gasteiger partial charge in [0, 0.05) is 23.9 Å². The summed E-state index contributed by atoms with van der Waals surface area (Å²) < 4.78 is 0. The van der Waals surface area contributed by atoms with Crippen LogP contribution in [-0.4, -0.2) is 22.6 Å². The number of hydrogen-bond acceptors (Lipinski definition) is 3. The first-order chi connectivity index (χ1) is 10.2. The second-order valence-corrected chi connectivity index (χ2v) is 7.21. The lowest BCUT2D eigenvalue weighted by Crippen LogP contribution is -2.32. The molecule has 1 aromatic heterocycles. The van der Waals surface area contributed by atoms with E-state index in [-0.39, 0.29) is 0 Å². The van der Waals surface area contributed by atoms with Gasteiger partial charge in [-0.25, -0.2) is 9.97 Å². The molecular weight excluding hydrogens is 258 g/mol. The number of aryl methyl sites for hydroxylation is 1. The van der Waals surface area contributed by atoms with E-state index in [2.05, 4.69) is 25.4 Å². The highest BCUT2D eigenvalue weighted by atomic mass is 14.9. The quantitative estimate of drug-likeness (QED) is 0.919. The van der Waals surface area contributed by atoms with E-state index in [1.165, 1.54) is 49.8 Å². The molecule has 0 bridgehead atoms. The van der Waals surface area contributed by atoms with Crippen LogP contribution >= 0.6 is 0 Å². The van der Waals surface area contributed by atoms with Gasteiger partial charge in [0.1, 0.15) is 5.82 Å². The Morgan fingerprint density at radius 3 is 2.76 bits per heavy atom. The van der Waals surface area contributed by atoms with Crippen molar-refractivity contribution >= 4 is 0 Å². The van der Waals surface area contributed by atoms with Crippen molar-refractivity contribution in [1.29, 1.82) is 0 Å². The van der Waals surface area contributed by atoms with Crippen molar-refractivity contribution in [2.24, 2.45) is 5.92 Å². The number of rotatable bonds is 4. The zero-order valence-corrected chi connectivity index (χ0v) is 13.6. The molecule has 0 radical (unpaired) electrons. The highest BCUT2D eigenvalue weighted by Crippen LogP contribution is 2.32. The molecule has 2 aliphatic carbocycles. The first kappa shape index (κ1) is 15.0. The molecule has 1 heterocycles. The summed E-state index contributed by atoms with van der Waals surface area (Å²) >= 11 is 0. The summed E-state index contributed by atoms with van der Waals surface area (Å²) in [4.78, 5) is 9.65. The van der Waals surface area contributed by atoms with Crippen LogP contribution in [0.1, 0.15) is 75.4 Å². The second kappa shape index (κ2) is 6.87. The fraction of sp³-hybridized carbons (Fsp3) is 0.778. The highest BCUT2D eigenvalue weighted by Gasteiger charge is 2.23. The van der Waals surface area contributed by atoms with E-state index < -0.39 is 0 Å².